The largest absolute Gasteiger partial charge is 0.497 e. The molecule has 1 aromatic heterocycles. The Morgan fingerprint density at radius 3 is 2.75 bits per heavy atom. The number of H-pyrrole nitrogens is 1. The molecule has 0 atom stereocenters. The molecule has 100 valence electrons. The molecule has 1 N–H and O–H groups in total. The van der Waals surface area contributed by atoms with Gasteiger partial charge in [-0.05, 0) is 25.1 Å². The Morgan fingerprint density at radius 2 is 2.00 bits per heavy atom. The second-order valence-electron chi connectivity index (χ2n) is 4.67. The zero-order valence-corrected chi connectivity index (χ0v) is 11.3. The maximum absolute atomic E-state index is 12.1. The van der Waals surface area contributed by atoms with Crippen LogP contribution in [0.5, 0.6) is 5.75 Å². The van der Waals surface area contributed by atoms with Crippen LogP contribution in [-0.2, 0) is 0 Å². The number of methoxy groups -OCH3 is 1. The zero-order chi connectivity index (χ0) is 14.1. The lowest BCUT2D eigenvalue weighted by Crippen LogP contribution is -2.09. The van der Waals surface area contributed by atoms with Crippen LogP contribution in [0.25, 0.3) is 22.3 Å². The smallest absolute Gasteiger partial charge is 0.259 e. The highest BCUT2D eigenvalue weighted by Gasteiger charge is 2.07. The lowest BCUT2D eigenvalue weighted by atomic mass is 10.1. The van der Waals surface area contributed by atoms with Gasteiger partial charge in [-0.1, -0.05) is 23.8 Å². The van der Waals surface area contributed by atoms with Gasteiger partial charge in [0.25, 0.3) is 5.56 Å². The number of nitrogens with one attached hydrogen (secondary N) is 1. The van der Waals surface area contributed by atoms with Crippen molar-refractivity contribution in [3.8, 4) is 17.1 Å². The van der Waals surface area contributed by atoms with Crippen LogP contribution in [0.15, 0.2) is 47.3 Å². The van der Waals surface area contributed by atoms with Crippen LogP contribution in [0, 0.1) is 6.92 Å². The van der Waals surface area contributed by atoms with Gasteiger partial charge in [0, 0.05) is 11.6 Å². The number of ether oxygens (including phenoxy) is 1. The molecule has 0 unspecified atom stereocenters. The number of aromatic nitrogens is 2. The number of aromatic amines is 1. The molecule has 0 fully saturated rings. The molecule has 3 aromatic rings. The molecule has 0 spiro atoms. The van der Waals surface area contributed by atoms with E-state index in [1.807, 2.05) is 31.2 Å². The molecule has 4 nitrogen and oxygen atoms in total. The topological polar surface area (TPSA) is 55.0 Å². The van der Waals surface area contributed by atoms with Gasteiger partial charge in [-0.15, -0.1) is 0 Å². The summed E-state index contributed by atoms with van der Waals surface area (Å²) in [6, 6.07) is 13.1. The van der Waals surface area contributed by atoms with Crippen molar-refractivity contribution in [2.45, 2.75) is 6.92 Å². The highest BCUT2D eigenvalue weighted by atomic mass is 16.5. The normalized spacial score (nSPS) is 10.7. The Balaban J connectivity index is 2.25. The SMILES string of the molecule is COc1ccc2c(=O)[nH]c(-c3cccc(C)c3)nc2c1. The maximum atomic E-state index is 12.1. The highest BCUT2D eigenvalue weighted by molar-refractivity contribution is 5.80. The minimum Gasteiger partial charge on any atom is -0.497 e. The van der Waals surface area contributed by atoms with Crippen molar-refractivity contribution in [1.29, 1.82) is 0 Å². The van der Waals surface area contributed by atoms with Crippen molar-refractivity contribution in [3.05, 3.63) is 58.4 Å². The monoisotopic (exact) mass is 266 g/mol. The van der Waals surface area contributed by atoms with Crippen molar-refractivity contribution in [3.63, 3.8) is 0 Å². The number of aryl methyl sites for hydroxylation is 1. The third-order valence-corrected chi connectivity index (χ3v) is 3.21. The molecule has 1 heterocycles. The summed E-state index contributed by atoms with van der Waals surface area (Å²) in [5.41, 5.74) is 2.50. The Labute approximate surface area is 116 Å². The average Bonchev–Trinajstić information content (AvgIpc) is 2.46. The summed E-state index contributed by atoms with van der Waals surface area (Å²) in [4.78, 5) is 19.5. The second kappa shape index (κ2) is 4.81. The van der Waals surface area contributed by atoms with Gasteiger partial charge in [0.2, 0.25) is 0 Å². The predicted octanol–water partition coefficient (Wildman–Crippen LogP) is 2.91. The fourth-order valence-corrected chi connectivity index (χ4v) is 2.18. The Kier molecular flexibility index (Phi) is 2.99. The average molecular weight is 266 g/mol. The lowest BCUT2D eigenvalue weighted by molar-refractivity contribution is 0.415. The van der Waals surface area contributed by atoms with Gasteiger partial charge in [-0.3, -0.25) is 4.79 Å². The molecule has 0 amide bonds. The van der Waals surface area contributed by atoms with E-state index in [1.165, 1.54) is 0 Å². The summed E-state index contributed by atoms with van der Waals surface area (Å²) in [6.45, 7) is 2.01. The summed E-state index contributed by atoms with van der Waals surface area (Å²) in [7, 11) is 1.59. The van der Waals surface area contributed by atoms with Gasteiger partial charge in [-0.2, -0.15) is 0 Å². The molecule has 0 aliphatic carbocycles. The third kappa shape index (κ3) is 2.16. The zero-order valence-electron chi connectivity index (χ0n) is 11.3. The van der Waals surface area contributed by atoms with Crippen molar-refractivity contribution >= 4 is 10.9 Å². The molecule has 0 aliphatic rings. The predicted molar refractivity (Wildman–Crippen MR) is 79.1 cm³/mol. The van der Waals surface area contributed by atoms with E-state index in [4.69, 9.17) is 4.74 Å². The van der Waals surface area contributed by atoms with Gasteiger partial charge >= 0.3 is 0 Å². The molecule has 3 rings (SSSR count). The van der Waals surface area contributed by atoms with Crippen LogP contribution in [0.1, 0.15) is 5.56 Å². The Bertz CT molecular complexity index is 837. The van der Waals surface area contributed by atoms with Crippen molar-refractivity contribution < 1.29 is 4.74 Å². The van der Waals surface area contributed by atoms with Gasteiger partial charge in [0.15, 0.2) is 0 Å². The summed E-state index contributed by atoms with van der Waals surface area (Å²) in [5.74, 6) is 1.25. The number of benzene rings is 2. The number of nitrogens with zero attached hydrogens (tertiary/aromatic N) is 1. The first-order valence-electron chi connectivity index (χ1n) is 6.32. The first-order chi connectivity index (χ1) is 9.67. The molecule has 0 aliphatic heterocycles. The van der Waals surface area contributed by atoms with Gasteiger partial charge < -0.3 is 9.72 Å². The van der Waals surface area contributed by atoms with Gasteiger partial charge in [0.1, 0.15) is 11.6 Å². The van der Waals surface area contributed by atoms with E-state index in [1.54, 1.807) is 25.3 Å². The Morgan fingerprint density at radius 1 is 1.15 bits per heavy atom. The van der Waals surface area contributed by atoms with E-state index < -0.39 is 0 Å². The molecular weight excluding hydrogens is 252 g/mol. The summed E-state index contributed by atoms with van der Waals surface area (Å²) >= 11 is 0. The van der Waals surface area contributed by atoms with E-state index in [-0.39, 0.29) is 5.56 Å². The lowest BCUT2D eigenvalue weighted by Gasteiger charge is -2.05. The van der Waals surface area contributed by atoms with Gasteiger partial charge in [0.05, 0.1) is 18.0 Å². The van der Waals surface area contributed by atoms with E-state index >= 15 is 0 Å². The number of fused-ring (bicyclic) bond motifs is 1. The van der Waals surface area contributed by atoms with E-state index in [2.05, 4.69) is 9.97 Å². The molecule has 0 saturated heterocycles. The van der Waals surface area contributed by atoms with Crippen LogP contribution >= 0.6 is 0 Å². The summed E-state index contributed by atoms with van der Waals surface area (Å²) in [6.07, 6.45) is 0. The molecule has 0 bridgehead atoms. The van der Waals surface area contributed by atoms with Crippen LogP contribution < -0.4 is 10.3 Å². The minimum absolute atomic E-state index is 0.144. The van der Waals surface area contributed by atoms with Crippen LogP contribution in [0.2, 0.25) is 0 Å². The summed E-state index contributed by atoms with van der Waals surface area (Å²) in [5, 5.41) is 0.558. The molecule has 20 heavy (non-hydrogen) atoms. The number of hydrogen-bond acceptors (Lipinski definition) is 3. The fraction of sp³-hybridized carbons (Fsp3) is 0.125. The number of hydrogen-bond donors (Lipinski definition) is 1. The summed E-state index contributed by atoms with van der Waals surface area (Å²) < 4.78 is 5.17. The van der Waals surface area contributed by atoms with Crippen molar-refractivity contribution in [1.82, 2.24) is 9.97 Å². The van der Waals surface area contributed by atoms with Crippen LogP contribution in [0.4, 0.5) is 0 Å². The second-order valence-corrected chi connectivity index (χ2v) is 4.67. The molecule has 2 aromatic carbocycles. The van der Waals surface area contributed by atoms with Crippen molar-refractivity contribution in [2.75, 3.05) is 7.11 Å². The quantitative estimate of drug-likeness (QED) is 0.776. The highest BCUT2D eigenvalue weighted by Crippen LogP contribution is 2.20. The number of rotatable bonds is 2. The van der Waals surface area contributed by atoms with Crippen LogP contribution in [-0.4, -0.2) is 17.1 Å². The van der Waals surface area contributed by atoms with Crippen LogP contribution in [0.3, 0.4) is 0 Å². The van der Waals surface area contributed by atoms with E-state index in [9.17, 15) is 4.79 Å². The third-order valence-electron chi connectivity index (χ3n) is 3.21. The first-order valence-corrected chi connectivity index (χ1v) is 6.32. The maximum Gasteiger partial charge on any atom is 0.259 e. The van der Waals surface area contributed by atoms with E-state index in [0.29, 0.717) is 22.5 Å². The van der Waals surface area contributed by atoms with E-state index in [0.717, 1.165) is 11.1 Å². The molecule has 4 heteroatoms. The van der Waals surface area contributed by atoms with Crippen molar-refractivity contribution in [2.24, 2.45) is 0 Å². The Hall–Kier alpha value is -2.62. The minimum atomic E-state index is -0.144. The molecule has 0 saturated carbocycles. The van der Waals surface area contributed by atoms with Gasteiger partial charge in [-0.25, -0.2) is 4.98 Å². The fourth-order valence-electron chi connectivity index (χ4n) is 2.18. The molecule has 0 radical (unpaired) electrons. The standard InChI is InChI=1S/C16H14N2O2/c1-10-4-3-5-11(8-10)15-17-14-9-12(20-2)6-7-13(14)16(19)18-15/h3-9H,1-2H3,(H,17,18,19). The molecular formula is C16H14N2O2. The first kappa shape index (κ1) is 12.4.